The zero-order valence-electron chi connectivity index (χ0n) is 7.51. The van der Waals surface area contributed by atoms with E-state index in [1.807, 2.05) is 0 Å². The van der Waals surface area contributed by atoms with Crippen LogP contribution in [0.1, 0.15) is 30.5 Å². The second kappa shape index (κ2) is 5.22. The normalized spacial score (nSPS) is 12.4. The van der Waals surface area contributed by atoms with E-state index in [1.165, 1.54) is 12.1 Å². The van der Waals surface area contributed by atoms with Crippen LogP contribution < -0.4 is 5.73 Å². The molecule has 0 radical (unpaired) electrons. The fourth-order valence-corrected chi connectivity index (χ4v) is 1.05. The summed E-state index contributed by atoms with van der Waals surface area (Å²) in [5.41, 5.74) is 5.35. The van der Waals surface area contributed by atoms with Crippen molar-refractivity contribution in [3.8, 4) is 0 Å². The van der Waals surface area contributed by atoms with E-state index in [4.69, 9.17) is 5.73 Å². The molecule has 80 valence electrons. The van der Waals surface area contributed by atoms with Crippen LogP contribution in [0.4, 0.5) is 13.2 Å². The summed E-state index contributed by atoms with van der Waals surface area (Å²) in [7, 11) is 0. The molecule has 14 heavy (non-hydrogen) atoms. The molecule has 0 unspecified atom stereocenters. The van der Waals surface area contributed by atoms with E-state index >= 15 is 0 Å². The van der Waals surface area contributed by atoms with E-state index in [-0.39, 0.29) is 23.5 Å². The van der Waals surface area contributed by atoms with Crippen molar-refractivity contribution in [3.05, 3.63) is 35.1 Å². The fraction of sp³-hybridized carbons (Fsp3) is 0.333. The van der Waals surface area contributed by atoms with Crippen molar-refractivity contribution < 1.29 is 13.2 Å². The highest BCUT2D eigenvalue weighted by atomic mass is 35.5. The van der Waals surface area contributed by atoms with Crippen molar-refractivity contribution in [2.45, 2.75) is 19.4 Å². The SMILES string of the molecule is C[C@H](N)c1ccc(C(F)F)cc1F.Cl. The Hall–Kier alpha value is -0.740. The summed E-state index contributed by atoms with van der Waals surface area (Å²) in [5, 5.41) is 0. The highest BCUT2D eigenvalue weighted by Gasteiger charge is 2.12. The standard InChI is InChI=1S/C9H10F3N.ClH/c1-5(13)7-3-2-6(9(11)12)4-8(7)10;/h2-5,9H,13H2,1H3;1H/t5-;/m0./s1. The predicted octanol–water partition coefficient (Wildman–Crippen LogP) is 3.20. The van der Waals surface area contributed by atoms with E-state index in [1.54, 1.807) is 6.92 Å². The van der Waals surface area contributed by atoms with Gasteiger partial charge in [-0.25, -0.2) is 13.2 Å². The van der Waals surface area contributed by atoms with Crippen molar-refractivity contribution >= 4 is 12.4 Å². The summed E-state index contributed by atoms with van der Waals surface area (Å²) < 4.78 is 37.2. The topological polar surface area (TPSA) is 26.0 Å². The lowest BCUT2D eigenvalue weighted by molar-refractivity contribution is 0.151. The molecule has 0 aliphatic heterocycles. The predicted molar refractivity (Wildman–Crippen MR) is 51.2 cm³/mol. The molecule has 0 saturated heterocycles. The Morgan fingerprint density at radius 3 is 2.21 bits per heavy atom. The van der Waals surface area contributed by atoms with Crippen LogP contribution in [0, 0.1) is 5.82 Å². The third kappa shape index (κ3) is 2.89. The molecule has 2 N–H and O–H groups in total. The molecule has 0 aliphatic carbocycles. The Morgan fingerprint density at radius 2 is 1.86 bits per heavy atom. The minimum atomic E-state index is -2.64. The molecular formula is C9H11ClF3N. The number of benzene rings is 1. The molecule has 5 heteroatoms. The minimum Gasteiger partial charge on any atom is -0.324 e. The van der Waals surface area contributed by atoms with Crippen molar-refractivity contribution in [1.82, 2.24) is 0 Å². The molecule has 1 nitrogen and oxygen atoms in total. The molecule has 1 atom stereocenters. The lowest BCUT2D eigenvalue weighted by atomic mass is 10.1. The summed E-state index contributed by atoms with van der Waals surface area (Å²) in [6.07, 6.45) is -2.64. The molecule has 0 aromatic heterocycles. The molecule has 0 amide bonds. The molecule has 0 aliphatic rings. The first-order valence-electron chi connectivity index (χ1n) is 3.85. The van der Waals surface area contributed by atoms with Crippen molar-refractivity contribution in [1.29, 1.82) is 0 Å². The Balaban J connectivity index is 0.00000169. The molecule has 1 aromatic rings. The number of nitrogens with two attached hydrogens (primary N) is 1. The van der Waals surface area contributed by atoms with Crippen molar-refractivity contribution in [2.75, 3.05) is 0 Å². The van der Waals surface area contributed by atoms with Crippen LogP contribution in [0.3, 0.4) is 0 Å². The van der Waals surface area contributed by atoms with E-state index in [0.717, 1.165) is 6.07 Å². The largest absolute Gasteiger partial charge is 0.324 e. The van der Waals surface area contributed by atoms with Gasteiger partial charge in [-0.1, -0.05) is 12.1 Å². The van der Waals surface area contributed by atoms with Gasteiger partial charge in [-0.2, -0.15) is 0 Å². The van der Waals surface area contributed by atoms with Gasteiger partial charge in [0.05, 0.1) is 0 Å². The van der Waals surface area contributed by atoms with Gasteiger partial charge in [0.25, 0.3) is 6.43 Å². The van der Waals surface area contributed by atoms with Gasteiger partial charge in [0.15, 0.2) is 0 Å². The molecule has 0 saturated carbocycles. The fourth-order valence-electron chi connectivity index (χ4n) is 1.05. The quantitative estimate of drug-likeness (QED) is 0.822. The van der Waals surface area contributed by atoms with Gasteiger partial charge >= 0.3 is 0 Å². The highest BCUT2D eigenvalue weighted by molar-refractivity contribution is 5.85. The van der Waals surface area contributed by atoms with E-state index in [0.29, 0.717) is 0 Å². The Kier molecular flexibility index (Phi) is 4.94. The zero-order valence-corrected chi connectivity index (χ0v) is 8.32. The third-order valence-corrected chi connectivity index (χ3v) is 1.77. The minimum absolute atomic E-state index is 0. The summed E-state index contributed by atoms with van der Waals surface area (Å²) >= 11 is 0. The summed E-state index contributed by atoms with van der Waals surface area (Å²) in [5.74, 6) is -0.673. The van der Waals surface area contributed by atoms with Gasteiger partial charge in [0.2, 0.25) is 0 Å². The molecule has 1 aromatic carbocycles. The summed E-state index contributed by atoms with van der Waals surface area (Å²) in [6, 6.07) is 2.82. The lowest BCUT2D eigenvalue weighted by Gasteiger charge is -2.08. The monoisotopic (exact) mass is 225 g/mol. The van der Waals surface area contributed by atoms with Gasteiger partial charge < -0.3 is 5.73 Å². The zero-order chi connectivity index (χ0) is 10.0. The first-order chi connectivity index (χ1) is 6.02. The van der Waals surface area contributed by atoms with Crippen LogP contribution in [-0.4, -0.2) is 0 Å². The average molecular weight is 226 g/mol. The van der Waals surface area contributed by atoms with Crippen LogP contribution in [-0.2, 0) is 0 Å². The maximum Gasteiger partial charge on any atom is 0.263 e. The molecule has 0 heterocycles. The molecular weight excluding hydrogens is 215 g/mol. The second-order valence-electron chi connectivity index (χ2n) is 2.87. The maximum absolute atomic E-state index is 13.0. The molecule has 0 fully saturated rings. The van der Waals surface area contributed by atoms with Gasteiger partial charge in [0.1, 0.15) is 5.82 Å². The Labute approximate surface area is 86.5 Å². The van der Waals surface area contributed by atoms with Gasteiger partial charge in [0, 0.05) is 17.2 Å². The molecule has 0 bridgehead atoms. The van der Waals surface area contributed by atoms with Crippen molar-refractivity contribution in [2.24, 2.45) is 5.73 Å². The van der Waals surface area contributed by atoms with E-state index < -0.39 is 18.3 Å². The summed E-state index contributed by atoms with van der Waals surface area (Å²) in [6.45, 7) is 1.60. The van der Waals surface area contributed by atoms with Gasteiger partial charge in [-0.15, -0.1) is 12.4 Å². The summed E-state index contributed by atoms with van der Waals surface area (Å²) in [4.78, 5) is 0. The van der Waals surface area contributed by atoms with Crippen LogP contribution >= 0.6 is 12.4 Å². The van der Waals surface area contributed by atoms with E-state index in [9.17, 15) is 13.2 Å². The first-order valence-corrected chi connectivity index (χ1v) is 3.85. The maximum atomic E-state index is 13.0. The van der Waals surface area contributed by atoms with E-state index in [2.05, 4.69) is 0 Å². The number of halogens is 4. The number of rotatable bonds is 2. The number of alkyl halides is 2. The first kappa shape index (κ1) is 13.3. The second-order valence-corrected chi connectivity index (χ2v) is 2.87. The Bertz CT molecular complexity index is 302. The van der Waals surface area contributed by atoms with Gasteiger partial charge in [-0.3, -0.25) is 0 Å². The van der Waals surface area contributed by atoms with Gasteiger partial charge in [-0.05, 0) is 13.0 Å². The number of hydrogen-bond donors (Lipinski definition) is 1. The smallest absolute Gasteiger partial charge is 0.263 e. The average Bonchev–Trinajstić information content (AvgIpc) is 2.03. The van der Waals surface area contributed by atoms with Crippen LogP contribution in [0.2, 0.25) is 0 Å². The van der Waals surface area contributed by atoms with Crippen LogP contribution in [0.25, 0.3) is 0 Å². The van der Waals surface area contributed by atoms with Crippen molar-refractivity contribution in [3.63, 3.8) is 0 Å². The Morgan fingerprint density at radius 1 is 1.29 bits per heavy atom. The molecule has 1 rings (SSSR count). The lowest BCUT2D eigenvalue weighted by Crippen LogP contribution is -2.07. The third-order valence-electron chi connectivity index (χ3n) is 1.77. The van der Waals surface area contributed by atoms with Crippen LogP contribution in [0.5, 0.6) is 0 Å². The highest BCUT2D eigenvalue weighted by Crippen LogP contribution is 2.23. The van der Waals surface area contributed by atoms with Crippen LogP contribution in [0.15, 0.2) is 18.2 Å². The molecule has 0 spiro atoms. The number of hydrogen-bond acceptors (Lipinski definition) is 1.